The summed E-state index contributed by atoms with van der Waals surface area (Å²) in [5.41, 5.74) is 2.34. The molecule has 1 aliphatic carbocycles. The van der Waals surface area contributed by atoms with Gasteiger partial charge in [0.1, 0.15) is 5.82 Å². The summed E-state index contributed by atoms with van der Waals surface area (Å²) in [7, 11) is 0. The number of para-hydroxylation sites is 1. The number of fused-ring (bicyclic) bond motifs is 1. The summed E-state index contributed by atoms with van der Waals surface area (Å²) < 4.78 is 13.1. The van der Waals surface area contributed by atoms with Gasteiger partial charge in [-0.3, -0.25) is 14.9 Å². The van der Waals surface area contributed by atoms with E-state index in [0.29, 0.717) is 23.8 Å². The van der Waals surface area contributed by atoms with Crippen molar-refractivity contribution in [2.45, 2.75) is 18.8 Å². The highest BCUT2D eigenvalue weighted by Gasteiger charge is 2.36. The van der Waals surface area contributed by atoms with Crippen molar-refractivity contribution in [1.29, 1.82) is 0 Å². The van der Waals surface area contributed by atoms with Gasteiger partial charge in [0, 0.05) is 42.3 Å². The topological polar surface area (TPSA) is 65.5 Å². The number of carbonyl (C=O) groups excluding carboxylic acids is 2. The van der Waals surface area contributed by atoms with E-state index in [1.165, 1.54) is 41.3 Å². The molecule has 2 heterocycles. The first-order valence-corrected chi connectivity index (χ1v) is 11.6. The van der Waals surface area contributed by atoms with Gasteiger partial charge < -0.3 is 9.80 Å². The molecule has 0 bridgehead atoms. The van der Waals surface area contributed by atoms with Gasteiger partial charge >= 0.3 is 0 Å². The Labute approximate surface area is 189 Å². The number of anilines is 2. The molecule has 6 nitrogen and oxygen atoms in total. The van der Waals surface area contributed by atoms with Crippen LogP contribution in [0.5, 0.6) is 0 Å². The molecule has 2 amide bonds. The number of carbonyl (C=O) groups is 2. The smallest absolute Gasteiger partial charge is 0.257 e. The van der Waals surface area contributed by atoms with Gasteiger partial charge in [0.15, 0.2) is 5.13 Å². The van der Waals surface area contributed by atoms with Crippen LogP contribution in [0.2, 0.25) is 0 Å². The Balaban J connectivity index is 1.23. The molecule has 1 fully saturated rings. The van der Waals surface area contributed by atoms with Crippen molar-refractivity contribution < 1.29 is 14.0 Å². The maximum atomic E-state index is 13.2. The van der Waals surface area contributed by atoms with E-state index >= 15 is 0 Å². The summed E-state index contributed by atoms with van der Waals surface area (Å²) in [4.78, 5) is 35.5. The molecular weight excluding hydrogens is 427 g/mol. The lowest BCUT2D eigenvalue weighted by Gasteiger charge is -2.37. The third-order valence-corrected chi connectivity index (χ3v) is 7.10. The molecular formula is C24H23FN4O2S. The number of thiazole rings is 1. The minimum atomic E-state index is -0.388. The monoisotopic (exact) mass is 450 g/mol. The Kier molecular flexibility index (Phi) is 5.61. The SMILES string of the molecule is O=C(Nc1nc2c(s1)CCC2C(=O)N1CCN(c2ccccc2)CC1)c1ccc(F)cc1. The van der Waals surface area contributed by atoms with Gasteiger partial charge in [-0.25, -0.2) is 9.37 Å². The zero-order chi connectivity index (χ0) is 22.1. The zero-order valence-electron chi connectivity index (χ0n) is 17.5. The van der Waals surface area contributed by atoms with Gasteiger partial charge in [0.2, 0.25) is 5.91 Å². The minimum Gasteiger partial charge on any atom is -0.368 e. The van der Waals surface area contributed by atoms with Crippen molar-refractivity contribution in [3.8, 4) is 0 Å². The normalized spacial score (nSPS) is 17.8. The first-order valence-electron chi connectivity index (χ1n) is 10.7. The first kappa shape index (κ1) is 20.6. The van der Waals surface area contributed by atoms with E-state index in [1.54, 1.807) is 0 Å². The zero-order valence-corrected chi connectivity index (χ0v) is 18.3. The maximum absolute atomic E-state index is 13.2. The lowest BCUT2D eigenvalue weighted by molar-refractivity contribution is -0.133. The minimum absolute atomic E-state index is 0.123. The molecule has 1 aromatic heterocycles. The number of nitrogens with zero attached hydrogens (tertiary/aromatic N) is 3. The number of halogens is 1. The molecule has 3 aromatic rings. The molecule has 8 heteroatoms. The van der Waals surface area contributed by atoms with E-state index in [9.17, 15) is 14.0 Å². The molecule has 2 aromatic carbocycles. The predicted octanol–water partition coefficient (Wildman–Crippen LogP) is 3.91. The summed E-state index contributed by atoms with van der Waals surface area (Å²) in [6.07, 6.45) is 1.55. The number of aromatic nitrogens is 1. The van der Waals surface area contributed by atoms with Crippen LogP contribution in [-0.4, -0.2) is 47.9 Å². The number of benzene rings is 2. The third kappa shape index (κ3) is 4.10. The molecule has 0 spiro atoms. The van der Waals surface area contributed by atoms with Gasteiger partial charge in [0.05, 0.1) is 11.6 Å². The van der Waals surface area contributed by atoms with Crippen LogP contribution in [0.1, 0.15) is 33.3 Å². The summed E-state index contributed by atoms with van der Waals surface area (Å²) in [6, 6.07) is 15.6. The van der Waals surface area contributed by atoms with Crippen LogP contribution in [0.15, 0.2) is 54.6 Å². The number of nitrogens with one attached hydrogen (secondary N) is 1. The third-order valence-electron chi connectivity index (χ3n) is 6.06. The Bertz CT molecular complexity index is 1120. The number of aryl methyl sites for hydroxylation is 1. The van der Waals surface area contributed by atoms with Crippen LogP contribution in [-0.2, 0) is 11.2 Å². The van der Waals surface area contributed by atoms with Crippen molar-refractivity contribution in [1.82, 2.24) is 9.88 Å². The van der Waals surface area contributed by atoms with Crippen molar-refractivity contribution in [3.05, 3.63) is 76.5 Å². The maximum Gasteiger partial charge on any atom is 0.257 e. The molecule has 2 aliphatic rings. The van der Waals surface area contributed by atoms with E-state index in [0.717, 1.165) is 36.5 Å². The number of rotatable bonds is 4. The van der Waals surface area contributed by atoms with Gasteiger partial charge in [-0.2, -0.15) is 0 Å². The van der Waals surface area contributed by atoms with Crippen molar-refractivity contribution in [2.24, 2.45) is 0 Å². The van der Waals surface area contributed by atoms with E-state index < -0.39 is 0 Å². The van der Waals surface area contributed by atoms with Crippen LogP contribution < -0.4 is 10.2 Å². The number of amides is 2. The summed E-state index contributed by atoms with van der Waals surface area (Å²) >= 11 is 1.42. The largest absolute Gasteiger partial charge is 0.368 e. The molecule has 1 N–H and O–H groups in total. The molecule has 5 rings (SSSR count). The molecule has 1 atom stereocenters. The Morgan fingerprint density at radius 2 is 1.72 bits per heavy atom. The predicted molar refractivity (Wildman–Crippen MR) is 123 cm³/mol. The Morgan fingerprint density at radius 1 is 1.00 bits per heavy atom. The Morgan fingerprint density at radius 3 is 2.44 bits per heavy atom. The van der Waals surface area contributed by atoms with Crippen LogP contribution in [0.3, 0.4) is 0 Å². The lowest BCUT2D eigenvalue weighted by Crippen LogP contribution is -2.50. The highest BCUT2D eigenvalue weighted by Crippen LogP contribution is 2.39. The van der Waals surface area contributed by atoms with Gasteiger partial charge in [-0.15, -0.1) is 11.3 Å². The fourth-order valence-corrected chi connectivity index (χ4v) is 5.37. The highest BCUT2D eigenvalue weighted by atomic mass is 32.1. The lowest BCUT2D eigenvalue weighted by atomic mass is 10.1. The van der Waals surface area contributed by atoms with Crippen LogP contribution in [0.25, 0.3) is 0 Å². The second kappa shape index (κ2) is 8.70. The van der Waals surface area contributed by atoms with E-state index in [1.807, 2.05) is 23.1 Å². The van der Waals surface area contributed by atoms with Crippen molar-refractivity contribution >= 4 is 34.0 Å². The second-order valence-corrected chi connectivity index (χ2v) is 9.11. The number of hydrogen-bond acceptors (Lipinski definition) is 5. The van der Waals surface area contributed by atoms with Gasteiger partial charge in [-0.1, -0.05) is 18.2 Å². The summed E-state index contributed by atoms with van der Waals surface area (Å²) in [6.45, 7) is 3.01. The van der Waals surface area contributed by atoms with Crippen LogP contribution in [0.4, 0.5) is 15.2 Å². The average Bonchev–Trinajstić information content (AvgIpc) is 3.40. The van der Waals surface area contributed by atoms with E-state index in [4.69, 9.17) is 0 Å². The Hall–Kier alpha value is -3.26. The first-order chi connectivity index (χ1) is 15.6. The molecule has 1 aliphatic heterocycles. The number of piperazine rings is 1. The van der Waals surface area contributed by atoms with Crippen molar-refractivity contribution in [2.75, 3.05) is 36.4 Å². The van der Waals surface area contributed by atoms with E-state index in [-0.39, 0.29) is 23.5 Å². The quantitative estimate of drug-likeness (QED) is 0.655. The van der Waals surface area contributed by atoms with Crippen molar-refractivity contribution in [3.63, 3.8) is 0 Å². The molecule has 0 saturated carbocycles. The molecule has 1 unspecified atom stereocenters. The molecule has 32 heavy (non-hydrogen) atoms. The van der Waals surface area contributed by atoms with Gasteiger partial charge in [-0.05, 0) is 49.2 Å². The fourth-order valence-electron chi connectivity index (χ4n) is 4.34. The van der Waals surface area contributed by atoms with E-state index in [2.05, 4.69) is 27.3 Å². The average molecular weight is 451 g/mol. The van der Waals surface area contributed by atoms with Crippen LogP contribution in [0, 0.1) is 5.82 Å². The molecule has 164 valence electrons. The van der Waals surface area contributed by atoms with Crippen LogP contribution >= 0.6 is 11.3 Å². The summed E-state index contributed by atoms with van der Waals surface area (Å²) in [5, 5.41) is 3.27. The summed E-state index contributed by atoms with van der Waals surface area (Å²) in [5.74, 6) is -0.850. The van der Waals surface area contributed by atoms with Gasteiger partial charge in [0.25, 0.3) is 5.91 Å². The second-order valence-electron chi connectivity index (χ2n) is 8.03. The standard InChI is InChI=1S/C24H23FN4O2S/c25-17-8-6-16(7-9-17)22(30)27-24-26-21-19(10-11-20(21)32-24)23(31)29-14-12-28(13-15-29)18-4-2-1-3-5-18/h1-9,19H,10-15H2,(H,26,27,30). The molecule has 1 saturated heterocycles. The highest BCUT2D eigenvalue weighted by molar-refractivity contribution is 7.16. The fraction of sp³-hybridized carbons (Fsp3) is 0.292. The molecule has 0 radical (unpaired) electrons. The number of hydrogen-bond donors (Lipinski definition) is 1.